The molecular formula is C9H8BF3NO-. The van der Waals surface area contributed by atoms with E-state index in [0.29, 0.717) is 5.56 Å². The zero-order chi connectivity index (χ0) is 11.5. The molecule has 0 N–H and O–H groups in total. The van der Waals surface area contributed by atoms with Crippen LogP contribution in [0.5, 0.6) is 0 Å². The number of aromatic nitrogens is 1. The van der Waals surface area contributed by atoms with Crippen molar-refractivity contribution >= 4 is 18.8 Å². The van der Waals surface area contributed by atoms with Crippen LogP contribution >= 0.6 is 0 Å². The number of rotatable bonds is 3. The number of carbonyl (C=O) groups excluding carboxylic acids is 1. The third kappa shape index (κ3) is 3.97. The summed E-state index contributed by atoms with van der Waals surface area (Å²) < 4.78 is 35.7. The predicted molar refractivity (Wildman–Crippen MR) is 52.4 cm³/mol. The first-order valence-corrected chi connectivity index (χ1v) is 4.24. The van der Waals surface area contributed by atoms with Gasteiger partial charge >= 0.3 is 6.98 Å². The maximum Gasteiger partial charge on any atom is 0.502 e. The van der Waals surface area contributed by atoms with Crippen molar-refractivity contribution in [3.05, 3.63) is 35.6 Å². The Bertz CT molecular complexity index is 401. The standard InChI is InChI=1S/C9H8BF3NO/c1-7(15)9-4-8(5-14-6-9)2-3-10(11,12)13/h2-6H,1H3/q-1/b3-2+. The summed E-state index contributed by atoms with van der Waals surface area (Å²) in [6, 6.07) is 1.37. The first-order chi connectivity index (χ1) is 6.88. The molecule has 0 fully saturated rings. The minimum Gasteiger partial charge on any atom is -0.445 e. The molecular weight excluding hydrogens is 206 g/mol. The van der Waals surface area contributed by atoms with Gasteiger partial charge in [-0.15, -0.1) is 5.98 Å². The molecule has 1 rings (SSSR count). The van der Waals surface area contributed by atoms with Gasteiger partial charge in [-0.05, 0) is 18.6 Å². The summed E-state index contributed by atoms with van der Waals surface area (Å²) in [5.41, 5.74) is 0.564. The quantitative estimate of drug-likeness (QED) is 0.571. The lowest BCUT2D eigenvalue weighted by atomic mass is 9.91. The van der Waals surface area contributed by atoms with E-state index in [-0.39, 0.29) is 17.3 Å². The molecule has 0 aliphatic carbocycles. The molecule has 0 spiro atoms. The fourth-order valence-electron chi connectivity index (χ4n) is 0.962. The van der Waals surface area contributed by atoms with E-state index in [2.05, 4.69) is 4.98 Å². The number of carbonyl (C=O) groups is 1. The number of pyridine rings is 1. The van der Waals surface area contributed by atoms with Crippen LogP contribution in [0.2, 0.25) is 0 Å². The van der Waals surface area contributed by atoms with E-state index < -0.39 is 6.98 Å². The van der Waals surface area contributed by atoms with E-state index in [1.54, 1.807) is 0 Å². The third-order valence-corrected chi connectivity index (χ3v) is 1.67. The maximum absolute atomic E-state index is 11.9. The van der Waals surface area contributed by atoms with Crippen LogP contribution in [0.15, 0.2) is 24.4 Å². The molecule has 6 heteroatoms. The highest BCUT2D eigenvalue weighted by Gasteiger charge is 2.16. The summed E-state index contributed by atoms with van der Waals surface area (Å²) in [4.78, 5) is 14.6. The highest BCUT2D eigenvalue weighted by molar-refractivity contribution is 6.64. The molecule has 0 amide bonds. The van der Waals surface area contributed by atoms with Gasteiger partial charge in [0.2, 0.25) is 0 Å². The number of hydrogen-bond donors (Lipinski definition) is 0. The van der Waals surface area contributed by atoms with Gasteiger partial charge in [-0.1, -0.05) is 6.08 Å². The Balaban J connectivity index is 2.92. The summed E-state index contributed by atoms with van der Waals surface area (Å²) in [6.45, 7) is -3.62. The molecule has 1 aromatic heterocycles. The number of ketones is 1. The van der Waals surface area contributed by atoms with Crippen molar-refractivity contribution in [3.63, 3.8) is 0 Å². The van der Waals surface area contributed by atoms with Crippen LogP contribution in [0, 0.1) is 0 Å². The molecule has 0 aliphatic heterocycles. The maximum atomic E-state index is 11.9. The van der Waals surface area contributed by atoms with Gasteiger partial charge in [-0.25, -0.2) is 0 Å². The van der Waals surface area contributed by atoms with Crippen LogP contribution in [-0.4, -0.2) is 17.7 Å². The van der Waals surface area contributed by atoms with Gasteiger partial charge in [0.15, 0.2) is 5.78 Å². The largest absolute Gasteiger partial charge is 0.502 e. The van der Waals surface area contributed by atoms with E-state index in [9.17, 15) is 17.7 Å². The Hall–Kier alpha value is -1.59. The van der Waals surface area contributed by atoms with Gasteiger partial charge in [-0.2, -0.15) is 0 Å². The number of halogens is 3. The molecule has 0 aromatic carbocycles. The molecule has 0 aliphatic rings. The van der Waals surface area contributed by atoms with Crippen LogP contribution in [0.3, 0.4) is 0 Å². The minimum atomic E-state index is -4.95. The second-order valence-corrected chi connectivity index (χ2v) is 3.05. The van der Waals surface area contributed by atoms with E-state index in [1.807, 2.05) is 0 Å². The molecule has 0 unspecified atom stereocenters. The van der Waals surface area contributed by atoms with Crippen molar-refractivity contribution in [2.24, 2.45) is 0 Å². The zero-order valence-corrected chi connectivity index (χ0v) is 7.95. The molecule has 0 bridgehead atoms. The lowest BCUT2D eigenvalue weighted by Gasteiger charge is -2.06. The van der Waals surface area contributed by atoms with Crippen LogP contribution in [0.25, 0.3) is 6.08 Å². The third-order valence-electron chi connectivity index (χ3n) is 1.67. The minimum absolute atomic E-state index is 0.168. The number of Topliss-reactive ketones (excluding diaryl/α,β-unsaturated/α-hetero) is 1. The Morgan fingerprint density at radius 3 is 2.60 bits per heavy atom. The molecule has 1 aromatic rings. The Labute approximate surface area is 84.9 Å². The highest BCUT2D eigenvalue weighted by Crippen LogP contribution is 2.13. The number of nitrogens with zero attached hydrogens (tertiary/aromatic N) is 1. The van der Waals surface area contributed by atoms with Gasteiger partial charge in [0, 0.05) is 18.0 Å². The van der Waals surface area contributed by atoms with Gasteiger partial charge in [0.1, 0.15) is 0 Å². The average Bonchev–Trinajstić information content (AvgIpc) is 2.14. The van der Waals surface area contributed by atoms with Crippen molar-refractivity contribution < 1.29 is 17.7 Å². The first kappa shape index (κ1) is 11.5. The Morgan fingerprint density at radius 1 is 1.40 bits per heavy atom. The van der Waals surface area contributed by atoms with Crippen molar-refractivity contribution in [1.82, 2.24) is 4.98 Å². The predicted octanol–water partition coefficient (Wildman–Crippen LogP) is 2.68. The van der Waals surface area contributed by atoms with Crippen LogP contribution in [-0.2, 0) is 0 Å². The van der Waals surface area contributed by atoms with E-state index in [0.717, 1.165) is 6.08 Å². The summed E-state index contributed by atoms with van der Waals surface area (Å²) in [5.74, 6) is -0.0590. The van der Waals surface area contributed by atoms with Crippen molar-refractivity contribution in [1.29, 1.82) is 0 Å². The lowest BCUT2D eigenvalue weighted by molar-refractivity contribution is 0.101. The molecule has 0 saturated carbocycles. The summed E-state index contributed by atoms with van der Waals surface area (Å²) in [7, 11) is 0. The molecule has 0 atom stereocenters. The normalized spacial score (nSPS) is 12.0. The second-order valence-electron chi connectivity index (χ2n) is 3.05. The van der Waals surface area contributed by atoms with Gasteiger partial charge in [-0.3, -0.25) is 9.78 Å². The molecule has 15 heavy (non-hydrogen) atoms. The molecule has 0 saturated heterocycles. The lowest BCUT2D eigenvalue weighted by Crippen LogP contribution is -2.09. The summed E-state index contributed by atoms with van der Waals surface area (Å²) in [6.07, 6.45) is 3.49. The van der Waals surface area contributed by atoms with Gasteiger partial charge < -0.3 is 12.9 Å². The van der Waals surface area contributed by atoms with Gasteiger partial charge in [0.25, 0.3) is 0 Å². The fourth-order valence-corrected chi connectivity index (χ4v) is 0.962. The zero-order valence-electron chi connectivity index (χ0n) is 7.95. The van der Waals surface area contributed by atoms with Crippen molar-refractivity contribution in [2.45, 2.75) is 6.92 Å². The van der Waals surface area contributed by atoms with E-state index >= 15 is 0 Å². The monoisotopic (exact) mass is 214 g/mol. The summed E-state index contributed by atoms with van der Waals surface area (Å²) >= 11 is 0. The molecule has 80 valence electrons. The second kappa shape index (κ2) is 4.29. The van der Waals surface area contributed by atoms with Crippen LogP contribution in [0.1, 0.15) is 22.8 Å². The SMILES string of the molecule is CC(=O)c1cncc(/C=C/[B-](F)(F)F)c1. The summed E-state index contributed by atoms with van der Waals surface area (Å²) in [5, 5.41) is 0. The van der Waals surface area contributed by atoms with Crippen LogP contribution < -0.4 is 0 Å². The molecule has 0 radical (unpaired) electrons. The fraction of sp³-hybridized carbons (Fsp3) is 0.111. The van der Waals surface area contributed by atoms with Gasteiger partial charge in [0.05, 0.1) is 0 Å². The van der Waals surface area contributed by atoms with Crippen LogP contribution in [0.4, 0.5) is 12.9 Å². The molecule has 1 heterocycles. The smallest absolute Gasteiger partial charge is 0.445 e. The highest BCUT2D eigenvalue weighted by atomic mass is 19.4. The van der Waals surface area contributed by atoms with Crippen molar-refractivity contribution in [3.8, 4) is 0 Å². The van der Waals surface area contributed by atoms with E-state index in [4.69, 9.17) is 0 Å². The number of hydrogen-bond acceptors (Lipinski definition) is 2. The Kier molecular flexibility index (Phi) is 3.29. The Morgan fingerprint density at radius 2 is 2.07 bits per heavy atom. The topological polar surface area (TPSA) is 30.0 Å². The van der Waals surface area contributed by atoms with E-state index in [1.165, 1.54) is 25.4 Å². The molecule has 2 nitrogen and oxygen atoms in total. The average molecular weight is 214 g/mol. The first-order valence-electron chi connectivity index (χ1n) is 4.24. The van der Waals surface area contributed by atoms with Crippen molar-refractivity contribution in [2.75, 3.05) is 0 Å².